The third-order valence-electron chi connectivity index (χ3n) is 6.35. The van der Waals surface area contributed by atoms with Crippen molar-refractivity contribution in [3.05, 3.63) is 63.8 Å². The molecule has 0 spiro atoms. The minimum Gasteiger partial charge on any atom is -0.395 e. The van der Waals surface area contributed by atoms with Crippen molar-refractivity contribution in [3.8, 4) is 0 Å². The number of aromatic nitrogens is 3. The quantitative estimate of drug-likeness (QED) is 0.321. The lowest BCUT2D eigenvalue weighted by atomic mass is 9.89. The first-order chi connectivity index (χ1) is 15.6. The van der Waals surface area contributed by atoms with E-state index in [1.807, 2.05) is 24.3 Å². The maximum atomic E-state index is 12.5. The molecule has 4 heterocycles. The van der Waals surface area contributed by atoms with E-state index in [1.165, 1.54) is 12.8 Å². The van der Waals surface area contributed by atoms with E-state index in [0.717, 1.165) is 54.1 Å². The molecule has 32 heavy (non-hydrogen) atoms. The number of halogens is 1. The number of aryl methyl sites for hydroxylation is 1. The Morgan fingerprint density at radius 3 is 2.72 bits per heavy atom. The number of pyridine rings is 3. The van der Waals surface area contributed by atoms with Crippen LogP contribution < -0.4 is 10.5 Å². The zero-order valence-corrected chi connectivity index (χ0v) is 18.8. The summed E-state index contributed by atoms with van der Waals surface area (Å²) in [4.78, 5) is 29.5. The molecule has 0 aromatic carbocycles. The molecule has 2 fully saturated rings. The highest BCUT2D eigenvalue weighted by atomic mass is 35.5. The average molecular weight is 452 g/mol. The van der Waals surface area contributed by atoms with Crippen molar-refractivity contribution >= 4 is 34.0 Å². The Morgan fingerprint density at radius 2 is 2.00 bits per heavy atom. The molecule has 5 rings (SSSR count). The lowest BCUT2D eigenvalue weighted by Gasteiger charge is -2.34. The van der Waals surface area contributed by atoms with E-state index in [-0.39, 0.29) is 11.5 Å². The number of oxime groups is 1. The van der Waals surface area contributed by atoms with Crippen LogP contribution in [0.1, 0.15) is 31.4 Å². The fourth-order valence-corrected chi connectivity index (χ4v) is 4.41. The minimum atomic E-state index is -0.0528. The number of hydrogen-bond donors (Lipinski definition) is 0. The Bertz CT molecular complexity index is 1200. The zero-order chi connectivity index (χ0) is 22.1. The maximum absolute atomic E-state index is 12.5. The van der Waals surface area contributed by atoms with Crippen LogP contribution in [0, 0.1) is 11.8 Å². The van der Waals surface area contributed by atoms with E-state index in [9.17, 15) is 4.79 Å². The van der Waals surface area contributed by atoms with Gasteiger partial charge in [-0.05, 0) is 55.9 Å². The summed E-state index contributed by atoms with van der Waals surface area (Å²) >= 11 is 6.18. The molecule has 1 saturated heterocycles. The van der Waals surface area contributed by atoms with Gasteiger partial charge in [0.15, 0.2) is 0 Å². The van der Waals surface area contributed by atoms with E-state index >= 15 is 0 Å². The maximum Gasteiger partial charge on any atom is 0.252 e. The van der Waals surface area contributed by atoms with Crippen molar-refractivity contribution in [3.63, 3.8) is 0 Å². The molecule has 1 saturated carbocycles. The van der Waals surface area contributed by atoms with Crippen molar-refractivity contribution in [2.75, 3.05) is 24.6 Å². The number of rotatable bonds is 6. The lowest BCUT2D eigenvalue weighted by molar-refractivity contribution is 0.132. The molecule has 1 aliphatic heterocycles. The molecule has 0 amide bonds. The molecule has 0 bridgehead atoms. The molecular formula is C24H26ClN5O2. The van der Waals surface area contributed by atoms with Gasteiger partial charge in [0.05, 0.1) is 16.9 Å². The Labute approximate surface area is 191 Å². The van der Waals surface area contributed by atoms with Gasteiger partial charge in [0.1, 0.15) is 23.0 Å². The topological polar surface area (TPSA) is 72.6 Å². The predicted octanol–water partition coefficient (Wildman–Crippen LogP) is 4.03. The van der Waals surface area contributed by atoms with E-state index in [2.05, 4.69) is 20.0 Å². The van der Waals surface area contributed by atoms with Gasteiger partial charge in [-0.1, -0.05) is 22.8 Å². The number of piperidine rings is 1. The van der Waals surface area contributed by atoms with Gasteiger partial charge in [0, 0.05) is 38.3 Å². The van der Waals surface area contributed by atoms with Crippen LogP contribution in [0.5, 0.6) is 0 Å². The summed E-state index contributed by atoms with van der Waals surface area (Å²) in [6.07, 6.45) is 6.03. The first-order valence-electron chi connectivity index (χ1n) is 11.1. The van der Waals surface area contributed by atoms with E-state index in [1.54, 1.807) is 29.9 Å². The summed E-state index contributed by atoms with van der Waals surface area (Å²) in [6, 6.07) is 11.1. The number of hydrogen-bond acceptors (Lipinski definition) is 6. The van der Waals surface area contributed by atoms with Crippen molar-refractivity contribution < 1.29 is 4.84 Å². The molecule has 1 aliphatic carbocycles. The number of nitrogens with zero attached hydrogens (tertiary/aromatic N) is 5. The number of fused-ring (bicyclic) bond motifs is 1. The molecule has 0 radical (unpaired) electrons. The Hall–Kier alpha value is -2.93. The molecule has 3 aromatic heterocycles. The highest BCUT2D eigenvalue weighted by Gasteiger charge is 2.28. The molecule has 166 valence electrons. The second-order valence-electron chi connectivity index (χ2n) is 8.62. The normalized spacial score (nSPS) is 17.7. The SMILES string of the molecule is Cn1c(=O)cc(N2CCC(/C(=N/OCC3CC3)c3ccccn3)CC2)c2nc(Cl)ccc21. The number of anilines is 1. The van der Waals surface area contributed by atoms with Crippen LogP contribution in [-0.2, 0) is 11.9 Å². The third-order valence-corrected chi connectivity index (χ3v) is 6.56. The van der Waals surface area contributed by atoms with E-state index in [4.69, 9.17) is 16.4 Å². The van der Waals surface area contributed by atoms with Crippen LogP contribution in [0.15, 0.2) is 52.5 Å². The third kappa shape index (κ3) is 4.35. The molecule has 0 atom stereocenters. The lowest BCUT2D eigenvalue weighted by Crippen LogP contribution is -2.38. The first-order valence-corrected chi connectivity index (χ1v) is 11.5. The molecule has 7 nitrogen and oxygen atoms in total. The van der Waals surface area contributed by atoms with Crippen LogP contribution in [0.2, 0.25) is 5.15 Å². The summed E-state index contributed by atoms with van der Waals surface area (Å²) in [5, 5.41) is 4.96. The summed E-state index contributed by atoms with van der Waals surface area (Å²) in [5.74, 6) is 0.897. The second-order valence-corrected chi connectivity index (χ2v) is 9.01. The van der Waals surface area contributed by atoms with Crippen LogP contribution in [0.4, 0.5) is 5.69 Å². The fourth-order valence-electron chi connectivity index (χ4n) is 4.26. The van der Waals surface area contributed by atoms with Crippen LogP contribution in [0.3, 0.4) is 0 Å². The van der Waals surface area contributed by atoms with Crippen molar-refractivity contribution in [2.45, 2.75) is 25.7 Å². The Kier molecular flexibility index (Phi) is 5.83. The minimum absolute atomic E-state index is 0.0528. The Balaban J connectivity index is 1.38. The fraction of sp³-hybridized carbons (Fsp3) is 0.417. The molecular weight excluding hydrogens is 426 g/mol. The van der Waals surface area contributed by atoms with Crippen molar-refractivity contribution in [2.24, 2.45) is 24.0 Å². The van der Waals surface area contributed by atoms with Crippen LogP contribution >= 0.6 is 11.6 Å². The largest absolute Gasteiger partial charge is 0.395 e. The van der Waals surface area contributed by atoms with Crippen molar-refractivity contribution in [1.82, 2.24) is 14.5 Å². The summed E-state index contributed by atoms with van der Waals surface area (Å²) in [7, 11) is 1.76. The molecule has 3 aromatic rings. The second kappa shape index (κ2) is 8.90. The van der Waals surface area contributed by atoms with E-state index in [0.29, 0.717) is 17.7 Å². The molecule has 0 unspecified atom stereocenters. The average Bonchev–Trinajstić information content (AvgIpc) is 3.64. The van der Waals surface area contributed by atoms with Gasteiger partial charge in [-0.3, -0.25) is 9.78 Å². The highest BCUT2D eigenvalue weighted by Crippen LogP contribution is 2.31. The van der Waals surface area contributed by atoms with Gasteiger partial charge in [-0.15, -0.1) is 0 Å². The van der Waals surface area contributed by atoms with Gasteiger partial charge in [-0.25, -0.2) is 4.98 Å². The van der Waals surface area contributed by atoms with Crippen LogP contribution in [-0.4, -0.2) is 39.9 Å². The smallest absolute Gasteiger partial charge is 0.252 e. The zero-order valence-electron chi connectivity index (χ0n) is 18.1. The van der Waals surface area contributed by atoms with E-state index < -0.39 is 0 Å². The van der Waals surface area contributed by atoms with Gasteiger partial charge in [-0.2, -0.15) is 0 Å². The molecule has 0 N–H and O–H groups in total. The molecule has 2 aliphatic rings. The van der Waals surface area contributed by atoms with Gasteiger partial charge < -0.3 is 14.3 Å². The summed E-state index contributed by atoms with van der Waals surface area (Å²) in [5.41, 5.74) is 4.11. The first kappa shape index (κ1) is 20.9. The monoisotopic (exact) mass is 451 g/mol. The van der Waals surface area contributed by atoms with Gasteiger partial charge >= 0.3 is 0 Å². The van der Waals surface area contributed by atoms with Gasteiger partial charge in [0.2, 0.25) is 0 Å². The van der Waals surface area contributed by atoms with Gasteiger partial charge in [0.25, 0.3) is 5.56 Å². The summed E-state index contributed by atoms with van der Waals surface area (Å²) < 4.78 is 1.61. The highest BCUT2D eigenvalue weighted by molar-refractivity contribution is 6.29. The summed E-state index contributed by atoms with van der Waals surface area (Å²) in [6.45, 7) is 2.26. The van der Waals surface area contributed by atoms with Crippen LogP contribution in [0.25, 0.3) is 11.0 Å². The Morgan fingerprint density at radius 1 is 1.19 bits per heavy atom. The standard InChI is InChI=1S/C24H26ClN5O2/c1-29-19-7-8-21(25)27-24(19)20(14-22(29)31)30-12-9-17(10-13-30)23(18-4-2-3-11-26-18)28-32-15-16-5-6-16/h2-4,7-8,11,14,16-17H,5-6,9-10,12-13,15H2,1H3/b28-23-. The predicted molar refractivity (Wildman–Crippen MR) is 126 cm³/mol. The van der Waals surface area contributed by atoms with Crippen molar-refractivity contribution in [1.29, 1.82) is 0 Å². The molecule has 8 heteroatoms.